The fourth-order valence-corrected chi connectivity index (χ4v) is 3.10. The van der Waals surface area contributed by atoms with Gasteiger partial charge in [0.1, 0.15) is 5.75 Å². The Morgan fingerprint density at radius 2 is 2.00 bits per heavy atom. The Kier molecular flexibility index (Phi) is 5.30. The quantitative estimate of drug-likeness (QED) is 0.419. The van der Waals surface area contributed by atoms with E-state index in [4.69, 9.17) is 0 Å². The third kappa shape index (κ3) is 4.36. The van der Waals surface area contributed by atoms with E-state index in [1.165, 1.54) is 18.0 Å². The lowest BCUT2D eigenvalue weighted by molar-refractivity contribution is -0.118. The molecule has 25 heavy (non-hydrogen) atoms. The fourth-order valence-electron chi connectivity index (χ4n) is 2.33. The first-order valence-corrected chi connectivity index (χ1v) is 8.71. The van der Waals surface area contributed by atoms with Crippen LogP contribution in [0.1, 0.15) is 11.1 Å². The van der Waals surface area contributed by atoms with E-state index in [1.807, 2.05) is 37.3 Å². The summed E-state index contributed by atoms with van der Waals surface area (Å²) < 4.78 is 0. The molecule has 0 saturated heterocycles. The highest BCUT2D eigenvalue weighted by atomic mass is 32.2. The lowest BCUT2D eigenvalue weighted by Gasteiger charge is -2.05. The van der Waals surface area contributed by atoms with Gasteiger partial charge in [0.15, 0.2) is 0 Å². The van der Waals surface area contributed by atoms with Crippen molar-refractivity contribution < 1.29 is 9.90 Å². The molecule has 0 aliphatic carbocycles. The summed E-state index contributed by atoms with van der Waals surface area (Å²) in [4.78, 5) is 16.5. The van der Waals surface area contributed by atoms with Crippen molar-refractivity contribution in [2.45, 2.75) is 11.9 Å². The number of aromatic nitrogens is 1. The molecule has 1 heterocycles. The minimum Gasteiger partial charge on any atom is -0.507 e. The zero-order chi connectivity index (χ0) is 17.6. The largest absolute Gasteiger partial charge is 0.507 e. The first-order valence-electron chi connectivity index (χ1n) is 7.72. The number of nitrogens with zero attached hydrogens (tertiary/aromatic N) is 2. The Morgan fingerprint density at radius 1 is 1.24 bits per heavy atom. The first kappa shape index (κ1) is 17.0. The van der Waals surface area contributed by atoms with Crippen molar-refractivity contribution in [2.24, 2.45) is 5.10 Å². The Bertz CT molecular complexity index is 941. The number of hydrogen-bond donors (Lipinski definition) is 2. The van der Waals surface area contributed by atoms with E-state index >= 15 is 0 Å². The number of nitrogens with one attached hydrogen (secondary N) is 1. The number of thioether (sulfide) groups is 1. The minimum absolute atomic E-state index is 0.116. The van der Waals surface area contributed by atoms with E-state index in [1.54, 1.807) is 24.3 Å². The second kappa shape index (κ2) is 7.81. The van der Waals surface area contributed by atoms with Gasteiger partial charge in [0.05, 0.1) is 22.5 Å². The number of amides is 1. The lowest BCUT2D eigenvalue weighted by Crippen LogP contribution is -2.19. The number of carbonyl (C=O) groups excluding carboxylic acids is 1. The molecule has 126 valence electrons. The predicted octanol–water partition coefficient (Wildman–Crippen LogP) is 3.49. The Morgan fingerprint density at radius 3 is 2.84 bits per heavy atom. The van der Waals surface area contributed by atoms with Crippen LogP contribution >= 0.6 is 11.8 Å². The van der Waals surface area contributed by atoms with Crippen LogP contribution in [0.3, 0.4) is 0 Å². The van der Waals surface area contributed by atoms with Crippen LogP contribution in [0.5, 0.6) is 5.75 Å². The van der Waals surface area contributed by atoms with Crippen molar-refractivity contribution in [1.82, 2.24) is 10.4 Å². The van der Waals surface area contributed by atoms with Crippen LogP contribution in [-0.2, 0) is 4.79 Å². The number of hydrazone groups is 1. The molecular weight excluding hydrogens is 334 g/mol. The molecule has 3 aromatic rings. The fraction of sp³-hybridized carbons (Fsp3) is 0.105. The van der Waals surface area contributed by atoms with Crippen LogP contribution in [0.25, 0.3) is 10.9 Å². The van der Waals surface area contributed by atoms with Crippen LogP contribution in [0, 0.1) is 6.92 Å². The second-order valence-corrected chi connectivity index (χ2v) is 6.43. The zero-order valence-electron chi connectivity index (χ0n) is 13.6. The van der Waals surface area contributed by atoms with Gasteiger partial charge in [-0.05, 0) is 36.8 Å². The molecule has 0 unspecified atom stereocenters. The number of phenols is 1. The molecule has 3 rings (SSSR count). The number of aryl methyl sites for hydroxylation is 1. The number of phenolic OH excluding ortho intramolecular Hbond substituents is 1. The second-order valence-electron chi connectivity index (χ2n) is 5.44. The highest BCUT2D eigenvalue weighted by molar-refractivity contribution is 7.99. The number of carbonyl (C=O) groups is 1. The molecule has 2 aromatic carbocycles. The van der Waals surface area contributed by atoms with E-state index in [9.17, 15) is 9.90 Å². The van der Waals surface area contributed by atoms with Crippen molar-refractivity contribution in [3.05, 3.63) is 65.7 Å². The molecule has 0 bridgehead atoms. The summed E-state index contributed by atoms with van der Waals surface area (Å²) in [6.07, 6.45) is 1.41. The number of fused-ring (bicyclic) bond motifs is 1. The van der Waals surface area contributed by atoms with Crippen LogP contribution in [0.2, 0.25) is 0 Å². The Labute approximate surface area is 149 Å². The minimum atomic E-state index is -0.232. The monoisotopic (exact) mass is 351 g/mol. The molecule has 1 amide bonds. The van der Waals surface area contributed by atoms with E-state index in [2.05, 4.69) is 15.5 Å². The summed E-state index contributed by atoms with van der Waals surface area (Å²) in [5.41, 5.74) is 5.05. The Balaban J connectivity index is 1.58. The summed E-state index contributed by atoms with van der Waals surface area (Å²) in [7, 11) is 0. The van der Waals surface area contributed by atoms with Crippen LogP contribution in [-0.4, -0.2) is 28.0 Å². The summed E-state index contributed by atoms with van der Waals surface area (Å²) in [5.74, 6) is 0.0955. The molecule has 0 fully saturated rings. The molecule has 0 aliphatic rings. The van der Waals surface area contributed by atoms with E-state index in [0.29, 0.717) is 5.56 Å². The van der Waals surface area contributed by atoms with Gasteiger partial charge in [0, 0.05) is 10.9 Å². The van der Waals surface area contributed by atoms with Gasteiger partial charge in [0.2, 0.25) is 5.91 Å². The molecule has 5 nitrogen and oxygen atoms in total. The number of hydrogen-bond acceptors (Lipinski definition) is 5. The molecule has 0 atom stereocenters. The molecule has 0 aliphatic heterocycles. The molecular formula is C19H17N3O2S. The van der Waals surface area contributed by atoms with E-state index < -0.39 is 0 Å². The average molecular weight is 351 g/mol. The summed E-state index contributed by atoms with van der Waals surface area (Å²) in [6, 6.07) is 16.7. The first-order chi connectivity index (χ1) is 12.1. The van der Waals surface area contributed by atoms with Crippen LogP contribution in [0.4, 0.5) is 0 Å². The van der Waals surface area contributed by atoms with Gasteiger partial charge in [-0.2, -0.15) is 5.10 Å². The van der Waals surface area contributed by atoms with Gasteiger partial charge in [-0.25, -0.2) is 10.4 Å². The molecule has 0 spiro atoms. The third-order valence-electron chi connectivity index (χ3n) is 3.58. The average Bonchev–Trinajstić information content (AvgIpc) is 2.62. The number of aromatic hydroxyl groups is 1. The highest BCUT2D eigenvalue weighted by Gasteiger charge is 2.06. The summed E-state index contributed by atoms with van der Waals surface area (Å²) >= 11 is 1.36. The van der Waals surface area contributed by atoms with Crippen LogP contribution in [0.15, 0.2) is 64.7 Å². The molecule has 1 aromatic heterocycles. The maximum Gasteiger partial charge on any atom is 0.250 e. The standard InChI is InChI=1S/C19H17N3O2S/c1-13-10-19(21-16-8-4-3-7-15(13)16)25-12-18(24)22-20-11-14-6-2-5-9-17(14)23/h2-11,23H,12H2,1H3,(H,22,24). The molecule has 0 radical (unpaired) electrons. The maximum atomic E-state index is 11.9. The third-order valence-corrected chi connectivity index (χ3v) is 4.49. The summed E-state index contributed by atoms with van der Waals surface area (Å²) in [6.45, 7) is 2.03. The van der Waals surface area contributed by atoms with Crippen LogP contribution < -0.4 is 5.43 Å². The smallest absolute Gasteiger partial charge is 0.250 e. The SMILES string of the molecule is Cc1cc(SCC(=O)NN=Cc2ccccc2O)nc2ccccc12. The van der Waals surface area contributed by atoms with E-state index in [0.717, 1.165) is 21.5 Å². The van der Waals surface area contributed by atoms with Gasteiger partial charge in [-0.15, -0.1) is 0 Å². The van der Waals surface area contributed by atoms with Crippen molar-refractivity contribution in [3.63, 3.8) is 0 Å². The van der Waals surface area contributed by atoms with Gasteiger partial charge in [-0.3, -0.25) is 4.79 Å². The van der Waals surface area contributed by atoms with Crippen molar-refractivity contribution in [2.75, 3.05) is 5.75 Å². The molecule has 0 saturated carbocycles. The van der Waals surface area contributed by atoms with E-state index in [-0.39, 0.29) is 17.4 Å². The Hall–Kier alpha value is -2.86. The predicted molar refractivity (Wildman–Crippen MR) is 101 cm³/mol. The number of benzene rings is 2. The van der Waals surface area contributed by atoms with Crippen molar-refractivity contribution in [1.29, 1.82) is 0 Å². The van der Waals surface area contributed by atoms with Gasteiger partial charge < -0.3 is 5.11 Å². The lowest BCUT2D eigenvalue weighted by atomic mass is 10.1. The normalized spacial score (nSPS) is 11.1. The topological polar surface area (TPSA) is 74.6 Å². The molecule has 2 N–H and O–H groups in total. The van der Waals surface area contributed by atoms with Gasteiger partial charge in [0.25, 0.3) is 0 Å². The number of rotatable bonds is 5. The number of para-hydroxylation sites is 2. The van der Waals surface area contributed by atoms with Gasteiger partial charge in [-0.1, -0.05) is 42.1 Å². The zero-order valence-corrected chi connectivity index (χ0v) is 14.5. The summed E-state index contributed by atoms with van der Waals surface area (Å²) in [5, 5.41) is 15.4. The van der Waals surface area contributed by atoms with Crippen molar-refractivity contribution >= 4 is 34.8 Å². The van der Waals surface area contributed by atoms with Crippen molar-refractivity contribution in [3.8, 4) is 5.75 Å². The molecule has 6 heteroatoms. The highest BCUT2D eigenvalue weighted by Crippen LogP contribution is 2.23. The maximum absolute atomic E-state index is 11.9. The van der Waals surface area contributed by atoms with Gasteiger partial charge >= 0.3 is 0 Å². The number of pyridine rings is 1.